The number of methoxy groups -OCH3 is 1. The molecule has 0 saturated heterocycles. The molecule has 2 fully saturated rings. The zero-order valence-corrected chi connectivity index (χ0v) is 12.4. The van der Waals surface area contributed by atoms with Crippen LogP contribution in [0.25, 0.3) is 0 Å². The molecule has 2 saturated carbocycles. The van der Waals surface area contributed by atoms with Crippen molar-refractivity contribution in [2.75, 3.05) is 13.9 Å². The van der Waals surface area contributed by atoms with Gasteiger partial charge in [0.1, 0.15) is 0 Å². The van der Waals surface area contributed by atoms with E-state index in [9.17, 15) is 5.11 Å². The summed E-state index contributed by atoms with van der Waals surface area (Å²) in [6.07, 6.45) is 5.83. The highest BCUT2D eigenvalue weighted by Crippen LogP contribution is 2.51. The molecule has 0 radical (unpaired) electrons. The minimum absolute atomic E-state index is 0.220. The Bertz CT molecular complexity index is 542. The van der Waals surface area contributed by atoms with Crippen LogP contribution in [0.1, 0.15) is 43.8 Å². The maximum Gasteiger partial charge on any atom is 0.231 e. The molecule has 4 atom stereocenters. The largest absolute Gasteiger partial charge is 0.493 e. The molecular formula is C17H22O4. The van der Waals surface area contributed by atoms with Crippen LogP contribution in [0.5, 0.6) is 17.2 Å². The molecule has 21 heavy (non-hydrogen) atoms. The lowest BCUT2D eigenvalue weighted by molar-refractivity contribution is 0.125. The zero-order chi connectivity index (χ0) is 14.4. The van der Waals surface area contributed by atoms with Gasteiger partial charge in [0.05, 0.1) is 13.2 Å². The van der Waals surface area contributed by atoms with Crippen molar-refractivity contribution in [3.63, 3.8) is 0 Å². The van der Waals surface area contributed by atoms with Gasteiger partial charge in [0.25, 0.3) is 0 Å². The van der Waals surface area contributed by atoms with Crippen molar-refractivity contribution in [3.05, 3.63) is 17.7 Å². The van der Waals surface area contributed by atoms with Gasteiger partial charge in [-0.15, -0.1) is 0 Å². The van der Waals surface area contributed by atoms with Gasteiger partial charge in [-0.05, 0) is 61.1 Å². The van der Waals surface area contributed by atoms with Crippen molar-refractivity contribution in [1.29, 1.82) is 0 Å². The normalized spacial score (nSPS) is 30.7. The third-order valence-corrected chi connectivity index (χ3v) is 5.48. The van der Waals surface area contributed by atoms with E-state index in [2.05, 4.69) is 0 Å². The first-order valence-corrected chi connectivity index (χ1v) is 7.90. The van der Waals surface area contributed by atoms with E-state index in [0.29, 0.717) is 23.2 Å². The fraction of sp³-hybridized carbons (Fsp3) is 0.647. The molecule has 1 heterocycles. The summed E-state index contributed by atoms with van der Waals surface area (Å²) in [7, 11) is 1.61. The van der Waals surface area contributed by atoms with Gasteiger partial charge in [0.15, 0.2) is 11.5 Å². The topological polar surface area (TPSA) is 47.9 Å². The second-order valence-corrected chi connectivity index (χ2v) is 6.64. The lowest BCUT2D eigenvalue weighted by Gasteiger charge is -2.24. The van der Waals surface area contributed by atoms with Crippen LogP contribution in [-0.4, -0.2) is 19.0 Å². The first-order chi connectivity index (χ1) is 10.2. The number of hydrogen-bond donors (Lipinski definition) is 1. The van der Waals surface area contributed by atoms with Crippen LogP contribution in [0.2, 0.25) is 0 Å². The van der Waals surface area contributed by atoms with Crippen molar-refractivity contribution in [1.82, 2.24) is 0 Å². The number of benzene rings is 1. The molecule has 1 aromatic carbocycles. The molecule has 114 valence electrons. The second-order valence-electron chi connectivity index (χ2n) is 6.64. The fourth-order valence-corrected chi connectivity index (χ4v) is 4.43. The molecule has 1 aromatic rings. The molecule has 2 aliphatic carbocycles. The van der Waals surface area contributed by atoms with Crippen molar-refractivity contribution < 1.29 is 19.3 Å². The highest BCUT2D eigenvalue weighted by Gasteiger charge is 2.40. The average molecular weight is 290 g/mol. The SMILES string of the molecule is COc1cc(C(O)CC2CC3CCC2C3)cc2c1OCO2. The quantitative estimate of drug-likeness (QED) is 0.924. The summed E-state index contributed by atoms with van der Waals surface area (Å²) < 4.78 is 16.2. The second kappa shape index (κ2) is 5.09. The number of fused-ring (bicyclic) bond motifs is 3. The third kappa shape index (κ3) is 2.26. The van der Waals surface area contributed by atoms with Crippen LogP contribution in [0, 0.1) is 17.8 Å². The van der Waals surface area contributed by atoms with E-state index in [0.717, 1.165) is 23.8 Å². The summed E-state index contributed by atoms with van der Waals surface area (Å²) in [5.41, 5.74) is 0.874. The zero-order valence-electron chi connectivity index (χ0n) is 12.4. The Kier molecular flexibility index (Phi) is 3.21. The molecule has 0 aromatic heterocycles. The van der Waals surface area contributed by atoms with E-state index in [1.54, 1.807) is 7.11 Å². The Hall–Kier alpha value is -1.42. The number of aliphatic hydroxyl groups is 1. The van der Waals surface area contributed by atoms with Gasteiger partial charge in [-0.25, -0.2) is 0 Å². The first-order valence-electron chi connectivity index (χ1n) is 7.90. The van der Waals surface area contributed by atoms with Crippen LogP contribution in [0.3, 0.4) is 0 Å². The van der Waals surface area contributed by atoms with Crippen LogP contribution < -0.4 is 14.2 Å². The molecule has 1 N–H and O–H groups in total. The molecule has 3 aliphatic rings. The average Bonchev–Trinajstić information content (AvgIpc) is 3.21. The maximum absolute atomic E-state index is 10.6. The van der Waals surface area contributed by atoms with Crippen molar-refractivity contribution >= 4 is 0 Å². The van der Waals surface area contributed by atoms with E-state index >= 15 is 0 Å². The van der Waals surface area contributed by atoms with Crippen molar-refractivity contribution in [2.45, 2.75) is 38.2 Å². The highest BCUT2D eigenvalue weighted by atomic mass is 16.7. The first kappa shape index (κ1) is 13.3. The summed E-state index contributed by atoms with van der Waals surface area (Å²) in [5.74, 6) is 4.39. The summed E-state index contributed by atoms with van der Waals surface area (Å²) >= 11 is 0. The van der Waals surface area contributed by atoms with Crippen LogP contribution in [-0.2, 0) is 0 Å². The molecule has 1 aliphatic heterocycles. The minimum Gasteiger partial charge on any atom is -0.493 e. The Morgan fingerprint density at radius 3 is 2.90 bits per heavy atom. The predicted octanol–water partition coefficient (Wildman–Crippen LogP) is 3.28. The van der Waals surface area contributed by atoms with Gasteiger partial charge in [-0.2, -0.15) is 0 Å². The van der Waals surface area contributed by atoms with E-state index in [4.69, 9.17) is 14.2 Å². The van der Waals surface area contributed by atoms with Gasteiger partial charge in [-0.1, -0.05) is 6.42 Å². The van der Waals surface area contributed by atoms with Crippen molar-refractivity contribution in [3.8, 4) is 17.2 Å². The van der Waals surface area contributed by atoms with Gasteiger partial charge in [0, 0.05) is 0 Å². The molecule has 4 rings (SSSR count). The maximum atomic E-state index is 10.6. The Labute approximate surface area is 125 Å². The Morgan fingerprint density at radius 2 is 2.19 bits per heavy atom. The summed E-state index contributed by atoms with van der Waals surface area (Å²) in [4.78, 5) is 0. The van der Waals surface area contributed by atoms with Gasteiger partial charge < -0.3 is 19.3 Å². The monoisotopic (exact) mass is 290 g/mol. The van der Waals surface area contributed by atoms with Gasteiger partial charge in [-0.3, -0.25) is 0 Å². The summed E-state index contributed by atoms with van der Waals surface area (Å²) in [6.45, 7) is 0.220. The smallest absolute Gasteiger partial charge is 0.231 e. The van der Waals surface area contributed by atoms with Crippen LogP contribution >= 0.6 is 0 Å². The third-order valence-electron chi connectivity index (χ3n) is 5.48. The highest BCUT2D eigenvalue weighted by molar-refractivity contribution is 5.55. The van der Waals surface area contributed by atoms with E-state index in [-0.39, 0.29) is 6.79 Å². The van der Waals surface area contributed by atoms with E-state index in [1.165, 1.54) is 25.7 Å². The molecule has 4 unspecified atom stereocenters. The lowest BCUT2D eigenvalue weighted by Crippen LogP contribution is -2.14. The van der Waals surface area contributed by atoms with Gasteiger partial charge >= 0.3 is 0 Å². The number of rotatable bonds is 4. The molecule has 0 amide bonds. The minimum atomic E-state index is -0.447. The molecule has 4 nitrogen and oxygen atoms in total. The Morgan fingerprint density at radius 1 is 1.29 bits per heavy atom. The number of aliphatic hydroxyl groups excluding tert-OH is 1. The van der Waals surface area contributed by atoms with Gasteiger partial charge in [0.2, 0.25) is 12.5 Å². The fourth-order valence-electron chi connectivity index (χ4n) is 4.43. The van der Waals surface area contributed by atoms with E-state index in [1.807, 2.05) is 12.1 Å². The standard InChI is InChI=1S/C17H22O4/c1-19-15-7-13(8-16-17(15)21-9-20-16)14(18)6-12-5-10-2-3-11(12)4-10/h7-8,10-12,14,18H,2-6,9H2,1H3. The number of ether oxygens (including phenoxy) is 3. The van der Waals surface area contributed by atoms with Crippen LogP contribution in [0.4, 0.5) is 0 Å². The summed E-state index contributed by atoms with van der Waals surface area (Å²) in [6, 6.07) is 3.77. The molecule has 4 heteroatoms. The summed E-state index contributed by atoms with van der Waals surface area (Å²) in [5, 5.41) is 10.6. The Balaban J connectivity index is 1.53. The number of hydrogen-bond acceptors (Lipinski definition) is 4. The predicted molar refractivity (Wildman–Crippen MR) is 77.6 cm³/mol. The lowest BCUT2D eigenvalue weighted by atomic mass is 9.83. The van der Waals surface area contributed by atoms with E-state index < -0.39 is 6.10 Å². The molecule has 0 spiro atoms. The molecule has 2 bridgehead atoms. The molecular weight excluding hydrogens is 268 g/mol. The van der Waals surface area contributed by atoms with Crippen molar-refractivity contribution in [2.24, 2.45) is 17.8 Å². The van der Waals surface area contributed by atoms with Crippen LogP contribution in [0.15, 0.2) is 12.1 Å².